The first-order valence-electron chi connectivity index (χ1n) is 13.3. The van der Waals surface area contributed by atoms with Crippen LogP contribution in [0.3, 0.4) is 0 Å². The zero-order valence-electron chi connectivity index (χ0n) is 20.6. The fourth-order valence-electron chi connectivity index (χ4n) is 5.34. The Morgan fingerprint density at radius 3 is 2.06 bits per heavy atom. The van der Waals surface area contributed by atoms with E-state index in [2.05, 4.69) is 26.0 Å². The van der Waals surface area contributed by atoms with Gasteiger partial charge in [-0.25, -0.2) is 0 Å². The zero-order chi connectivity index (χ0) is 23.0. The summed E-state index contributed by atoms with van der Waals surface area (Å²) < 4.78 is 6.03. The highest BCUT2D eigenvalue weighted by Gasteiger charge is 2.24. The van der Waals surface area contributed by atoms with Gasteiger partial charge in [-0.05, 0) is 49.1 Å². The Morgan fingerprint density at radius 2 is 1.41 bits per heavy atom. The molecule has 0 spiro atoms. The molecule has 1 fully saturated rings. The van der Waals surface area contributed by atoms with Gasteiger partial charge in [0, 0.05) is 0 Å². The molecule has 1 aliphatic carbocycles. The normalized spacial score (nSPS) is 18.1. The highest BCUT2D eigenvalue weighted by atomic mass is 16.5. The minimum atomic E-state index is 0.425. The molecule has 3 nitrogen and oxygen atoms in total. The molecule has 2 unspecified atom stereocenters. The van der Waals surface area contributed by atoms with Crippen LogP contribution >= 0.6 is 0 Å². The molecule has 0 saturated heterocycles. The van der Waals surface area contributed by atoms with E-state index in [1.54, 1.807) is 0 Å². The number of hydrogen-bond donors (Lipinski definition) is 0. The first kappa shape index (κ1) is 26.3. The van der Waals surface area contributed by atoms with Crippen molar-refractivity contribution in [1.82, 2.24) is 0 Å². The topological polar surface area (TPSA) is 56.8 Å². The number of aryl methyl sites for hydroxylation is 1. The minimum absolute atomic E-state index is 0.425. The highest BCUT2D eigenvalue weighted by Crippen LogP contribution is 2.36. The van der Waals surface area contributed by atoms with Crippen LogP contribution in [0.1, 0.15) is 127 Å². The maximum Gasteiger partial charge on any atom is 0.138 e. The van der Waals surface area contributed by atoms with Crippen LogP contribution in [0, 0.1) is 34.5 Å². The first-order chi connectivity index (χ1) is 15.7. The van der Waals surface area contributed by atoms with Gasteiger partial charge in [0.25, 0.3) is 0 Å². The summed E-state index contributed by atoms with van der Waals surface area (Å²) in [7, 11) is 0. The summed E-state index contributed by atoms with van der Waals surface area (Å²) in [5.74, 6) is 2.32. The molecule has 2 atom stereocenters. The van der Waals surface area contributed by atoms with Crippen LogP contribution < -0.4 is 4.74 Å². The molecule has 0 heterocycles. The van der Waals surface area contributed by atoms with Gasteiger partial charge in [-0.1, -0.05) is 97.0 Å². The highest BCUT2D eigenvalue weighted by molar-refractivity contribution is 5.57. The minimum Gasteiger partial charge on any atom is -0.492 e. The smallest absolute Gasteiger partial charge is 0.138 e. The van der Waals surface area contributed by atoms with Crippen LogP contribution in [0.5, 0.6) is 5.75 Å². The van der Waals surface area contributed by atoms with Gasteiger partial charge in [-0.3, -0.25) is 0 Å². The van der Waals surface area contributed by atoms with E-state index in [0.717, 1.165) is 36.7 Å². The summed E-state index contributed by atoms with van der Waals surface area (Å²) in [6, 6.07) is 8.43. The molecule has 0 N–H and O–H groups in total. The number of nitriles is 2. The van der Waals surface area contributed by atoms with Gasteiger partial charge in [0.15, 0.2) is 0 Å². The Hall–Kier alpha value is -2.00. The van der Waals surface area contributed by atoms with Crippen LogP contribution in [0.25, 0.3) is 0 Å². The summed E-state index contributed by atoms with van der Waals surface area (Å²) in [5.41, 5.74) is 1.93. The molecule has 32 heavy (non-hydrogen) atoms. The molecule has 1 aromatic rings. The van der Waals surface area contributed by atoms with Gasteiger partial charge in [0.2, 0.25) is 0 Å². The summed E-state index contributed by atoms with van der Waals surface area (Å²) in [4.78, 5) is 0. The Balaban J connectivity index is 1.86. The van der Waals surface area contributed by atoms with Gasteiger partial charge in [0.05, 0.1) is 12.2 Å². The lowest BCUT2D eigenvalue weighted by Gasteiger charge is -2.31. The maximum absolute atomic E-state index is 9.71. The third kappa shape index (κ3) is 8.50. The molecule has 0 bridgehead atoms. The second kappa shape index (κ2) is 15.7. The molecule has 0 aliphatic heterocycles. The largest absolute Gasteiger partial charge is 0.492 e. The monoisotopic (exact) mass is 436 g/mol. The van der Waals surface area contributed by atoms with Crippen molar-refractivity contribution < 1.29 is 4.74 Å². The lowest BCUT2D eigenvalue weighted by molar-refractivity contribution is 0.190. The zero-order valence-corrected chi connectivity index (χ0v) is 20.6. The van der Waals surface area contributed by atoms with E-state index in [-0.39, 0.29) is 0 Å². The Bertz CT molecular complexity index is 743. The maximum atomic E-state index is 9.71. The molecule has 176 valence electrons. The van der Waals surface area contributed by atoms with Crippen molar-refractivity contribution in [2.75, 3.05) is 6.61 Å². The van der Waals surface area contributed by atoms with E-state index < -0.39 is 0 Å². The lowest BCUT2D eigenvalue weighted by atomic mass is 9.74. The summed E-state index contributed by atoms with van der Waals surface area (Å²) >= 11 is 0. The van der Waals surface area contributed by atoms with E-state index in [9.17, 15) is 10.5 Å². The first-order valence-corrected chi connectivity index (χ1v) is 13.3. The predicted molar refractivity (Wildman–Crippen MR) is 133 cm³/mol. The van der Waals surface area contributed by atoms with Gasteiger partial charge < -0.3 is 4.74 Å². The number of hydrogen-bond acceptors (Lipinski definition) is 3. The average Bonchev–Trinajstić information content (AvgIpc) is 2.82. The van der Waals surface area contributed by atoms with Crippen molar-refractivity contribution >= 4 is 0 Å². The fourth-order valence-corrected chi connectivity index (χ4v) is 5.34. The van der Waals surface area contributed by atoms with E-state index in [1.165, 1.54) is 83.5 Å². The number of benzene rings is 1. The Labute approximate surface area is 197 Å². The second-order valence-electron chi connectivity index (χ2n) is 9.65. The van der Waals surface area contributed by atoms with E-state index in [0.29, 0.717) is 23.5 Å². The molecule has 1 aliphatic rings. The molecule has 0 amide bonds. The van der Waals surface area contributed by atoms with E-state index >= 15 is 0 Å². The molecule has 1 saturated carbocycles. The predicted octanol–water partition coefficient (Wildman–Crippen LogP) is 8.49. The van der Waals surface area contributed by atoms with Gasteiger partial charge >= 0.3 is 0 Å². The van der Waals surface area contributed by atoms with Crippen LogP contribution in [-0.4, -0.2) is 6.61 Å². The van der Waals surface area contributed by atoms with Crippen LogP contribution in [0.4, 0.5) is 0 Å². The third-order valence-electron chi connectivity index (χ3n) is 7.25. The second-order valence-corrected chi connectivity index (χ2v) is 9.65. The van der Waals surface area contributed by atoms with Crippen LogP contribution in [0.2, 0.25) is 0 Å². The summed E-state index contributed by atoms with van der Waals surface area (Å²) in [6.45, 7) is 5.13. The number of nitrogens with zero attached hydrogens (tertiary/aromatic N) is 2. The average molecular weight is 437 g/mol. The molecule has 3 heteroatoms. The summed E-state index contributed by atoms with van der Waals surface area (Å²) in [6.07, 6.45) is 20.1. The Morgan fingerprint density at radius 1 is 0.781 bits per heavy atom. The van der Waals surface area contributed by atoms with Crippen molar-refractivity contribution in [3.63, 3.8) is 0 Å². The molecule has 1 aromatic carbocycles. The third-order valence-corrected chi connectivity index (χ3v) is 7.25. The van der Waals surface area contributed by atoms with Crippen molar-refractivity contribution in [2.24, 2.45) is 11.8 Å². The number of rotatable bonds is 15. The van der Waals surface area contributed by atoms with Crippen LogP contribution in [-0.2, 0) is 6.42 Å². The quantitative estimate of drug-likeness (QED) is 0.259. The molecule has 0 aromatic heterocycles. The summed E-state index contributed by atoms with van der Waals surface area (Å²) in [5, 5.41) is 19.4. The van der Waals surface area contributed by atoms with Gasteiger partial charge in [-0.15, -0.1) is 0 Å². The van der Waals surface area contributed by atoms with Crippen molar-refractivity contribution in [3.8, 4) is 17.9 Å². The SMILES string of the molecule is CCCCCCCc1ccc(OCCCC2CCCCC2CCCCC)c(C#N)c1C#N. The fraction of sp³-hybridized carbons (Fsp3) is 0.724. The molecular formula is C29H44N2O. The van der Waals surface area contributed by atoms with Gasteiger partial charge in [0.1, 0.15) is 23.5 Å². The van der Waals surface area contributed by atoms with E-state index in [1.807, 2.05) is 12.1 Å². The van der Waals surface area contributed by atoms with Crippen molar-refractivity contribution in [1.29, 1.82) is 10.5 Å². The van der Waals surface area contributed by atoms with Crippen molar-refractivity contribution in [2.45, 2.75) is 117 Å². The van der Waals surface area contributed by atoms with Gasteiger partial charge in [-0.2, -0.15) is 10.5 Å². The molecule has 2 rings (SSSR count). The molecular weight excluding hydrogens is 392 g/mol. The number of unbranched alkanes of at least 4 members (excludes halogenated alkanes) is 6. The molecule has 0 radical (unpaired) electrons. The van der Waals surface area contributed by atoms with Crippen molar-refractivity contribution in [3.05, 3.63) is 28.8 Å². The van der Waals surface area contributed by atoms with Crippen LogP contribution in [0.15, 0.2) is 12.1 Å². The number of ether oxygens (including phenoxy) is 1. The van der Waals surface area contributed by atoms with E-state index in [4.69, 9.17) is 4.74 Å². The Kier molecular flexibility index (Phi) is 12.9. The lowest BCUT2D eigenvalue weighted by Crippen LogP contribution is -2.20. The standard InChI is InChI=1S/C29H44N2O/c1-3-5-7-8-10-17-26-19-20-29(28(23-31)27(26)22-30)32-21-13-18-25-16-12-11-15-24(25)14-9-6-4-2/h19-20,24-25H,3-18,21H2,1-2H3.